The van der Waals surface area contributed by atoms with Gasteiger partial charge in [0.25, 0.3) is 0 Å². The number of carbonyl (C=O) groups excluding carboxylic acids is 2. The third kappa shape index (κ3) is 2.22. The molecule has 21 heavy (non-hydrogen) atoms. The Morgan fingerprint density at radius 2 is 2.19 bits per heavy atom. The van der Waals surface area contributed by atoms with Gasteiger partial charge in [-0.25, -0.2) is 4.79 Å². The molecular formula is C12H13NO7S. The highest BCUT2D eigenvalue weighted by atomic mass is 32.2. The molecule has 1 N–H and O–H groups in total. The van der Waals surface area contributed by atoms with E-state index in [9.17, 15) is 18.0 Å². The van der Waals surface area contributed by atoms with Crippen LogP contribution in [0.4, 0.5) is 0 Å². The first-order chi connectivity index (χ1) is 9.79. The van der Waals surface area contributed by atoms with E-state index in [0.717, 1.165) is 0 Å². The lowest BCUT2D eigenvalue weighted by atomic mass is 10.0. The maximum atomic E-state index is 11.7. The van der Waals surface area contributed by atoms with E-state index in [-0.39, 0.29) is 30.1 Å². The molecule has 114 valence electrons. The maximum Gasteiger partial charge on any atom is 0.330 e. The van der Waals surface area contributed by atoms with Gasteiger partial charge in [-0.15, -0.1) is 0 Å². The van der Waals surface area contributed by atoms with Gasteiger partial charge in [0.05, 0.1) is 0 Å². The molecule has 3 aliphatic rings. The lowest BCUT2D eigenvalue weighted by Crippen LogP contribution is -2.32. The zero-order valence-electron chi connectivity index (χ0n) is 11.1. The molecule has 3 atom stereocenters. The topological polar surface area (TPSA) is 108 Å². The summed E-state index contributed by atoms with van der Waals surface area (Å²) in [5, 5.41) is 1.60. The molecule has 1 amide bonds. The van der Waals surface area contributed by atoms with Crippen LogP contribution in [-0.2, 0) is 33.4 Å². The summed E-state index contributed by atoms with van der Waals surface area (Å²) in [6.45, 7) is 4.59. The lowest BCUT2D eigenvalue weighted by molar-refractivity contribution is -0.141. The summed E-state index contributed by atoms with van der Waals surface area (Å²) in [5.41, 5.74) is 0.265. The molecule has 0 aliphatic carbocycles. The number of hydrogen-bond acceptors (Lipinski definition) is 7. The standard InChI is InChI=1S/C12H13NO7S/c1-5(2)12(15)13-4-8(14)19-9-6-3-7-10(18-6)11(9)20-21(7,16)17/h6-7,10H,1,3-4H2,2H3,(H,13,15). The molecule has 9 heteroatoms. The summed E-state index contributed by atoms with van der Waals surface area (Å²) in [6, 6.07) is 0. The van der Waals surface area contributed by atoms with Crippen LogP contribution in [0.1, 0.15) is 13.3 Å². The Morgan fingerprint density at radius 1 is 1.48 bits per heavy atom. The average Bonchev–Trinajstić information content (AvgIpc) is 2.99. The van der Waals surface area contributed by atoms with Gasteiger partial charge in [-0.3, -0.25) is 4.79 Å². The van der Waals surface area contributed by atoms with Crippen LogP contribution in [-0.4, -0.2) is 44.3 Å². The van der Waals surface area contributed by atoms with Gasteiger partial charge >= 0.3 is 16.1 Å². The molecule has 0 aromatic carbocycles. The third-order valence-electron chi connectivity index (χ3n) is 3.47. The summed E-state index contributed by atoms with van der Waals surface area (Å²) in [5.74, 6) is -1.05. The molecular weight excluding hydrogens is 302 g/mol. The van der Waals surface area contributed by atoms with Crippen LogP contribution in [0.2, 0.25) is 0 Å². The second kappa shape index (κ2) is 4.57. The van der Waals surface area contributed by atoms with E-state index in [0.29, 0.717) is 0 Å². The molecule has 3 rings (SSSR count). The van der Waals surface area contributed by atoms with Crippen molar-refractivity contribution in [3.8, 4) is 0 Å². The van der Waals surface area contributed by atoms with Gasteiger partial charge in [-0.2, -0.15) is 8.42 Å². The molecule has 2 saturated heterocycles. The minimum absolute atomic E-state index is 0.0517. The second-order valence-electron chi connectivity index (χ2n) is 5.06. The Balaban J connectivity index is 1.67. The Labute approximate surface area is 120 Å². The molecule has 8 nitrogen and oxygen atoms in total. The molecule has 2 fully saturated rings. The molecule has 0 spiro atoms. The Morgan fingerprint density at radius 3 is 2.86 bits per heavy atom. The molecule has 2 bridgehead atoms. The van der Waals surface area contributed by atoms with Gasteiger partial charge in [0.15, 0.2) is 11.5 Å². The number of amides is 1. The fraction of sp³-hybridized carbons (Fsp3) is 0.500. The Hall–Kier alpha value is -1.87. The normalized spacial score (nSPS) is 31.0. The number of ether oxygens (including phenoxy) is 2. The number of rotatable bonds is 4. The van der Waals surface area contributed by atoms with Crippen molar-refractivity contribution in [2.24, 2.45) is 0 Å². The van der Waals surface area contributed by atoms with Crippen molar-refractivity contribution >= 4 is 22.0 Å². The summed E-state index contributed by atoms with van der Waals surface area (Å²) >= 11 is 0. The van der Waals surface area contributed by atoms with Crippen LogP contribution in [0.3, 0.4) is 0 Å². The van der Waals surface area contributed by atoms with Crippen molar-refractivity contribution in [2.75, 3.05) is 6.54 Å². The highest BCUT2D eigenvalue weighted by Gasteiger charge is 2.62. The SMILES string of the molecule is C=C(C)C(=O)NCC(=O)OC1=C2OS(=O)(=O)C3CC1OC23. The number of fused-ring (bicyclic) bond motifs is 1. The van der Waals surface area contributed by atoms with Gasteiger partial charge in [0.1, 0.15) is 24.0 Å². The van der Waals surface area contributed by atoms with Crippen LogP contribution >= 0.6 is 0 Å². The summed E-state index contributed by atoms with van der Waals surface area (Å²) in [4.78, 5) is 22.9. The number of esters is 1. The zero-order chi connectivity index (χ0) is 15.4. The lowest BCUT2D eigenvalue weighted by Gasteiger charge is -2.11. The first-order valence-electron chi connectivity index (χ1n) is 6.27. The largest absolute Gasteiger partial charge is 0.423 e. The Bertz CT molecular complexity index is 678. The fourth-order valence-corrected chi connectivity index (χ4v) is 3.93. The van der Waals surface area contributed by atoms with E-state index in [1.54, 1.807) is 0 Å². The summed E-state index contributed by atoms with van der Waals surface area (Å²) in [6.07, 6.45) is -1.07. The second-order valence-corrected chi connectivity index (χ2v) is 6.82. The minimum Gasteiger partial charge on any atom is -0.423 e. The van der Waals surface area contributed by atoms with Crippen molar-refractivity contribution in [3.63, 3.8) is 0 Å². The van der Waals surface area contributed by atoms with Crippen molar-refractivity contribution in [1.29, 1.82) is 0 Å². The first kappa shape index (κ1) is 14.1. The molecule has 3 aliphatic heterocycles. The van der Waals surface area contributed by atoms with Crippen LogP contribution in [0, 0.1) is 0 Å². The van der Waals surface area contributed by atoms with Crippen LogP contribution in [0.5, 0.6) is 0 Å². The van der Waals surface area contributed by atoms with E-state index in [4.69, 9.17) is 13.7 Å². The van der Waals surface area contributed by atoms with Gasteiger partial charge in [0, 0.05) is 12.0 Å². The van der Waals surface area contributed by atoms with Gasteiger partial charge < -0.3 is 19.0 Å². The van der Waals surface area contributed by atoms with E-state index in [1.165, 1.54) is 6.92 Å². The first-order valence-corrected chi connectivity index (χ1v) is 7.74. The molecule has 3 unspecified atom stereocenters. The van der Waals surface area contributed by atoms with E-state index < -0.39 is 39.5 Å². The minimum atomic E-state index is -3.69. The van der Waals surface area contributed by atoms with Gasteiger partial charge in [0.2, 0.25) is 5.91 Å². The van der Waals surface area contributed by atoms with Crippen LogP contribution < -0.4 is 5.32 Å². The maximum absolute atomic E-state index is 11.7. The number of carbonyl (C=O) groups is 2. The van der Waals surface area contributed by atoms with Crippen LogP contribution in [0.25, 0.3) is 0 Å². The van der Waals surface area contributed by atoms with Crippen LogP contribution in [0.15, 0.2) is 23.7 Å². The Kier molecular flexibility index (Phi) is 3.06. The number of nitrogens with one attached hydrogen (secondary N) is 1. The molecule has 0 aromatic rings. The van der Waals surface area contributed by atoms with E-state index >= 15 is 0 Å². The average molecular weight is 315 g/mol. The van der Waals surface area contributed by atoms with E-state index in [2.05, 4.69) is 11.9 Å². The summed E-state index contributed by atoms with van der Waals surface area (Å²) in [7, 11) is -3.69. The van der Waals surface area contributed by atoms with Crippen molar-refractivity contribution in [3.05, 3.63) is 23.7 Å². The van der Waals surface area contributed by atoms with Gasteiger partial charge in [-0.1, -0.05) is 6.58 Å². The fourth-order valence-electron chi connectivity index (χ4n) is 2.48. The zero-order valence-corrected chi connectivity index (χ0v) is 11.9. The predicted molar refractivity (Wildman–Crippen MR) is 68.0 cm³/mol. The molecule has 0 saturated carbocycles. The smallest absolute Gasteiger partial charge is 0.330 e. The number of hydrogen-bond donors (Lipinski definition) is 1. The monoisotopic (exact) mass is 315 g/mol. The summed E-state index contributed by atoms with van der Waals surface area (Å²) < 4.78 is 38.7. The van der Waals surface area contributed by atoms with Gasteiger partial charge in [-0.05, 0) is 6.92 Å². The van der Waals surface area contributed by atoms with Crippen molar-refractivity contribution < 1.29 is 31.7 Å². The molecule has 0 radical (unpaired) electrons. The quantitative estimate of drug-likeness (QED) is 0.416. The molecule has 0 aromatic heterocycles. The molecule has 3 heterocycles. The highest BCUT2D eigenvalue weighted by Crippen LogP contribution is 2.49. The van der Waals surface area contributed by atoms with E-state index in [1.807, 2.05) is 0 Å². The van der Waals surface area contributed by atoms with Crippen molar-refractivity contribution in [2.45, 2.75) is 30.8 Å². The predicted octanol–water partition coefficient (Wildman–Crippen LogP) is -0.667. The van der Waals surface area contributed by atoms with Crippen molar-refractivity contribution in [1.82, 2.24) is 5.32 Å². The third-order valence-corrected chi connectivity index (χ3v) is 5.06. The highest BCUT2D eigenvalue weighted by molar-refractivity contribution is 7.87.